The first-order chi connectivity index (χ1) is 8.61. The molecule has 1 saturated carbocycles. The topological polar surface area (TPSA) is 73.1 Å². The summed E-state index contributed by atoms with van der Waals surface area (Å²) in [6.07, 6.45) is 2.47. The van der Waals surface area contributed by atoms with Crippen LogP contribution in [0.25, 0.3) is 0 Å². The molecule has 1 aromatic carbocycles. The number of benzene rings is 1. The summed E-state index contributed by atoms with van der Waals surface area (Å²) >= 11 is 0. The van der Waals surface area contributed by atoms with Gasteiger partial charge in [0.2, 0.25) is 0 Å². The zero-order valence-electron chi connectivity index (χ0n) is 10.3. The number of hydrogen-bond acceptors (Lipinski definition) is 3. The van der Waals surface area contributed by atoms with Gasteiger partial charge in [0.05, 0.1) is 17.2 Å². The van der Waals surface area contributed by atoms with E-state index in [9.17, 15) is 4.79 Å². The van der Waals surface area contributed by atoms with Gasteiger partial charge in [-0.3, -0.25) is 4.79 Å². The fourth-order valence-corrected chi connectivity index (χ4v) is 2.50. The van der Waals surface area contributed by atoms with Crippen molar-refractivity contribution in [1.29, 1.82) is 5.26 Å². The highest BCUT2D eigenvalue weighted by Gasteiger charge is 2.33. The van der Waals surface area contributed by atoms with Crippen LogP contribution in [-0.4, -0.2) is 17.1 Å². The molecular weight excluding hydrogens is 228 g/mol. The van der Waals surface area contributed by atoms with Crippen molar-refractivity contribution in [3.05, 3.63) is 29.3 Å². The number of anilines is 1. The monoisotopic (exact) mass is 244 g/mol. The highest BCUT2D eigenvalue weighted by molar-refractivity contribution is 5.72. The summed E-state index contributed by atoms with van der Waals surface area (Å²) in [5.74, 6) is -1.10. The Hall–Kier alpha value is -2.02. The number of nitriles is 1. The highest BCUT2D eigenvalue weighted by Crippen LogP contribution is 2.30. The van der Waals surface area contributed by atoms with Gasteiger partial charge in [-0.2, -0.15) is 5.26 Å². The first-order valence-corrected chi connectivity index (χ1v) is 6.12. The average Bonchev–Trinajstić information content (AvgIpc) is 2.77. The maximum absolute atomic E-state index is 11.1. The van der Waals surface area contributed by atoms with E-state index >= 15 is 0 Å². The number of carbonyl (C=O) groups is 1. The number of aliphatic carboxylic acids is 1. The summed E-state index contributed by atoms with van der Waals surface area (Å²) in [4.78, 5) is 11.1. The smallest absolute Gasteiger partial charge is 0.308 e. The Morgan fingerprint density at radius 1 is 1.50 bits per heavy atom. The maximum atomic E-state index is 11.1. The highest BCUT2D eigenvalue weighted by atomic mass is 16.4. The summed E-state index contributed by atoms with van der Waals surface area (Å²) < 4.78 is 0. The summed E-state index contributed by atoms with van der Waals surface area (Å²) in [7, 11) is 0. The number of hydrogen-bond donors (Lipinski definition) is 2. The fraction of sp³-hybridized carbons (Fsp3) is 0.429. The molecule has 2 N–H and O–H groups in total. The SMILES string of the molecule is Cc1ccc(C#N)c(NC2CCCC2C(=O)O)c1. The normalized spacial score (nSPS) is 22.4. The molecule has 0 aromatic heterocycles. The molecule has 0 bridgehead atoms. The van der Waals surface area contributed by atoms with Gasteiger partial charge in [-0.1, -0.05) is 12.5 Å². The van der Waals surface area contributed by atoms with Crippen molar-refractivity contribution in [2.24, 2.45) is 5.92 Å². The lowest BCUT2D eigenvalue weighted by Crippen LogP contribution is -2.30. The second-order valence-electron chi connectivity index (χ2n) is 4.79. The quantitative estimate of drug-likeness (QED) is 0.857. The van der Waals surface area contributed by atoms with Gasteiger partial charge in [0, 0.05) is 6.04 Å². The standard InChI is InChI=1S/C14H16N2O2/c1-9-5-6-10(8-15)13(7-9)16-12-4-2-3-11(12)14(17)18/h5-7,11-12,16H,2-4H2,1H3,(H,17,18). The third-order valence-corrected chi connectivity index (χ3v) is 3.47. The van der Waals surface area contributed by atoms with Crippen LogP contribution in [0.5, 0.6) is 0 Å². The Kier molecular flexibility index (Phi) is 3.52. The van der Waals surface area contributed by atoms with E-state index < -0.39 is 5.97 Å². The summed E-state index contributed by atoms with van der Waals surface area (Å²) in [5, 5.41) is 21.4. The van der Waals surface area contributed by atoms with Crippen LogP contribution in [0.2, 0.25) is 0 Å². The van der Waals surface area contributed by atoms with Crippen LogP contribution in [0, 0.1) is 24.2 Å². The van der Waals surface area contributed by atoms with Gasteiger partial charge in [0.25, 0.3) is 0 Å². The molecule has 4 nitrogen and oxygen atoms in total. The van der Waals surface area contributed by atoms with Gasteiger partial charge in [-0.15, -0.1) is 0 Å². The van der Waals surface area contributed by atoms with Crippen LogP contribution >= 0.6 is 0 Å². The molecule has 4 heteroatoms. The molecule has 1 aliphatic rings. The molecule has 2 unspecified atom stereocenters. The number of carboxylic acid groups (broad SMARTS) is 1. The van der Waals surface area contributed by atoms with Crippen molar-refractivity contribution in [2.75, 3.05) is 5.32 Å². The van der Waals surface area contributed by atoms with Crippen molar-refractivity contribution in [2.45, 2.75) is 32.2 Å². The fourth-order valence-electron chi connectivity index (χ4n) is 2.50. The molecule has 0 aliphatic heterocycles. The minimum absolute atomic E-state index is 0.0728. The van der Waals surface area contributed by atoms with Crippen molar-refractivity contribution >= 4 is 11.7 Å². The second kappa shape index (κ2) is 5.09. The van der Waals surface area contributed by atoms with Crippen LogP contribution < -0.4 is 5.32 Å². The largest absolute Gasteiger partial charge is 0.481 e. The van der Waals surface area contributed by atoms with Gasteiger partial charge in [-0.05, 0) is 37.5 Å². The first kappa shape index (κ1) is 12.4. The predicted molar refractivity (Wildman–Crippen MR) is 68.3 cm³/mol. The lowest BCUT2D eigenvalue weighted by Gasteiger charge is -2.20. The van der Waals surface area contributed by atoms with Gasteiger partial charge in [0.1, 0.15) is 6.07 Å². The van der Waals surface area contributed by atoms with E-state index in [0.29, 0.717) is 12.0 Å². The Morgan fingerprint density at radius 3 is 2.94 bits per heavy atom. The van der Waals surface area contributed by atoms with Crippen LogP contribution in [0.15, 0.2) is 18.2 Å². The lowest BCUT2D eigenvalue weighted by molar-refractivity contribution is -0.141. The van der Waals surface area contributed by atoms with Gasteiger partial charge < -0.3 is 10.4 Å². The molecule has 0 spiro atoms. The van der Waals surface area contributed by atoms with E-state index in [4.69, 9.17) is 10.4 Å². The van der Waals surface area contributed by atoms with Crippen LogP contribution in [0.4, 0.5) is 5.69 Å². The molecule has 1 aromatic rings. The average molecular weight is 244 g/mol. The van der Waals surface area contributed by atoms with E-state index in [-0.39, 0.29) is 12.0 Å². The lowest BCUT2D eigenvalue weighted by atomic mass is 10.0. The van der Waals surface area contributed by atoms with E-state index in [1.165, 1.54) is 0 Å². The van der Waals surface area contributed by atoms with Crippen LogP contribution in [0.1, 0.15) is 30.4 Å². The van der Waals surface area contributed by atoms with E-state index in [1.807, 2.05) is 19.1 Å². The molecule has 2 atom stereocenters. The second-order valence-corrected chi connectivity index (χ2v) is 4.79. The molecular formula is C14H16N2O2. The Bertz CT molecular complexity index is 505. The summed E-state index contributed by atoms with van der Waals surface area (Å²) in [6.45, 7) is 1.95. The number of rotatable bonds is 3. The molecule has 2 rings (SSSR count). The molecule has 18 heavy (non-hydrogen) atoms. The zero-order chi connectivity index (χ0) is 13.1. The number of nitrogens with zero attached hydrogens (tertiary/aromatic N) is 1. The first-order valence-electron chi connectivity index (χ1n) is 6.12. The molecule has 0 saturated heterocycles. The molecule has 0 radical (unpaired) electrons. The Morgan fingerprint density at radius 2 is 2.28 bits per heavy atom. The third kappa shape index (κ3) is 2.45. The van der Waals surface area contributed by atoms with Crippen LogP contribution in [0.3, 0.4) is 0 Å². The maximum Gasteiger partial charge on any atom is 0.308 e. The zero-order valence-corrected chi connectivity index (χ0v) is 10.3. The number of nitrogens with one attached hydrogen (secondary N) is 1. The van der Waals surface area contributed by atoms with E-state index in [0.717, 1.165) is 24.1 Å². The number of carboxylic acids is 1. The van der Waals surface area contributed by atoms with Crippen molar-refractivity contribution in [3.63, 3.8) is 0 Å². The van der Waals surface area contributed by atoms with Gasteiger partial charge >= 0.3 is 5.97 Å². The van der Waals surface area contributed by atoms with Crippen molar-refractivity contribution < 1.29 is 9.90 Å². The van der Waals surface area contributed by atoms with Crippen molar-refractivity contribution in [1.82, 2.24) is 0 Å². The minimum Gasteiger partial charge on any atom is -0.481 e. The molecule has 1 fully saturated rings. The van der Waals surface area contributed by atoms with Gasteiger partial charge in [-0.25, -0.2) is 0 Å². The number of aryl methyl sites for hydroxylation is 1. The van der Waals surface area contributed by atoms with Crippen molar-refractivity contribution in [3.8, 4) is 6.07 Å². The van der Waals surface area contributed by atoms with Crippen LogP contribution in [-0.2, 0) is 4.79 Å². The summed E-state index contributed by atoms with van der Waals surface area (Å²) in [6, 6.07) is 7.60. The Balaban J connectivity index is 2.21. The molecule has 0 heterocycles. The third-order valence-electron chi connectivity index (χ3n) is 3.47. The van der Waals surface area contributed by atoms with Gasteiger partial charge in [0.15, 0.2) is 0 Å². The summed E-state index contributed by atoms with van der Waals surface area (Å²) in [5.41, 5.74) is 2.37. The van der Waals surface area contributed by atoms with E-state index in [2.05, 4.69) is 11.4 Å². The molecule has 1 aliphatic carbocycles. The molecule has 0 amide bonds. The Labute approximate surface area is 106 Å². The molecule has 94 valence electrons. The van der Waals surface area contributed by atoms with E-state index in [1.54, 1.807) is 6.07 Å². The predicted octanol–water partition coefficient (Wildman–Crippen LogP) is 2.53. The minimum atomic E-state index is -0.754.